The average Bonchev–Trinajstić information content (AvgIpc) is 3.10. The number of aliphatic hydroxyl groups is 1. The molecule has 4 nitrogen and oxygen atoms in total. The van der Waals surface area contributed by atoms with E-state index < -0.39 is 6.10 Å². The molecule has 132 valence electrons. The van der Waals surface area contributed by atoms with E-state index in [-0.39, 0.29) is 17.9 Å². The molecule has 1 aliphatic heterocycles. The zero-order valence-electron chi connectivity index (χ0n) is 14.5. The second-order valence-electron chi connectivity index (χ2n) is 7.56. The Morgan fingerprint density at radius 2 is 2.08 bits per heavy atom. The van der Waals surface area contributed by atoms with Gasteiger partial charge in [-0.3, -0.25) is 4.79 Å². The summed E-state index contributed by atoms with van der Waals surface area (Å²) in [5.41, 5.74) is 0.586. The first kappa shape index (κ1) is 16.6. The molecule has 1 aliphatic carbocycles. The Morgan fingerprint density at radius 3 is 2.96 bits per heavy atom. The molecule has 0 aromatic heterocycles. The number of carbonyl (C=O) groups is 1. The van der Waals surface area contributed by atoms with Crippen LogP contribution in [0.25, 0.3) is 10.8 Å². The number of benzene rings is 2. The first-order valence-corrected chi connectivity index (χ1v) is 9.35. The smallest absolute Gasteiger partial charge is 0.227 e. The van der Waals surface area contributed by atoms with E-state index in [1.54, 1.807) is 0 Å². The third-order valence-electron chi connectivity index (χ3n) is 6.10. The number of nitrogens with one attached hydrogen (secondary N) is 2. The fraction of sp³-hybridized carbons (Fsp3) is 0.476. The maximum absolute atomic E-state index is 12.9. The molecule has 2 aliphatic rings. The second kappa shape index (κ2) is 6.77. The molecule has 0 bridgehead atoms. The number of rotatable bonds is 4. The van der Waals surface area contributed by atoms with Gasteiger partial charge in [-0.05, 0) is 47.7 Å². The van der Waals surface area contributed by atoms with Crippen molar-refractivity contribution in [2.75, 3.05) is 19.6 Å². The van der Waals surface area contributed by atoms with Crippen LogP contribution in [0.15, 0.2) is 42.5 Å². The summed E-state index contributed by atoms with van der Waals surface area (Å²) in [6, 6.07) is 14.1. The van der Waals surface area contributed by atoms with E-state index in [9.17, 15) is 9.90 Å². The van der Waals surface area contributed by atoms with Gasteiger partial charge in [0.25, 0.3) is 0 Å². The van der Waals surface area contributed by atoms with Gasteiger partial charge in [0.15, 0.2) is 0 Å². The van der Waals surface area contributed by atoms with Gasteiger partial charge in [-0.25, -0.2) is 0 Å². The molecule has 25 heavy (non-hydrogen) atoms. The maximum atomic E-state index is 12.9. The standard InChI is InChI=1S/C21H26N2O2/c24-19(17-9-8-15-5-1-2-6-16(15)11-17)13-23-20(25)21-10-4-3-7-18(21)12-22-14-21/h1-2,5-6,8-9,11,18-19,22,24H,3-4,7,10,12-14H2,(H,23,25)/t18-,19?,21+/m0/s1. The van der Waals surface area contributed by atoms with Crippen LogP contribution in [0.2, 0.25) is 0 Å². The Bertz CT molecular complexity index is 775. The molecular formula is C21H26N2O2. The molecule has 0 radical (unpaired) electrons. The van der Waals surface area contributed by atoms with Crippen LogP contribution in [0, 0.1) is 11.3 Å². The van der Waals surface area contributed by atoms with Crippen LogP contribution in [0.4, 0.5) is 0 Å². The van der Waals surface area contributed by atoms with Crippen molar-refractivity contribution in [2.24, 2.45) is 11.3 Å². The van der Waals surface area contributed by atoms with Crippen LogP contribution >= 0.6 is 0 Å². The van der Waals surface area contributed by atoms with Crippen molar-refractivity contribution in [3.63, 3.8) is 0 Å². The number of hydrogen-bond acceptors (Lipinski definition) is 3. The monoisotopic (exact) mass is 338 g/mol. The highest BCUT2D eigenvalue weighted by molar-refractivity contribution is 5.84. The molecule has 2 aromatic carbocycles. The topological polar surface area (TPSA) is 61.4 Å². The van der Waals surface area contributed by atoms with Crippen molar-refractivity contribution in [3.05, 3.63) is 48.0 Å². The number of aliphatic hydroxyl groups excluding tert-OH is 1. The van der Waals surface area contributed by atoms with Gasteiger partial charge in [0.2, 0.25) is 5.91 Å². The lowest BCUT2D eigenvalue weighted by molar-refractivity contribution is -0.134. The molecule has 2 aromatic rings. The average molecular weight is 338 g/mol. The Balaban J connectivity index is 1.43. The molecule has 1 amide bonds. The van der Waals surface area contributed by atoms with E-state index in [2.05, 4.69) is 16.7 Å². The molecule has 2 fully saturated rings. The van der Waals surface area contributed by atoms with E-state index in [4.69, 9.17) is 0 Å². The Morgan fingerprint density at radius 1 is 1.24 bits per heavy atom. The van der Waals surface area contributed by atoms with Gasteiger partial charge in [-0.2, -0.15) is 0 Å². The predicted molar refractivity (Wildman–Crippen MR) is 99.2 cm³/mol. The molecule has 1 unspecified atom stereocenters. The Labute approximate surface area is 148 Å². The summed E-state index contributed by atoms with van der Waals surface area (Å²) in [6.45, 7) is 1.99. The van der Waals surface area contributed by atoms with Crippen LogP contribution < -0.4 is 10.6 Å². The third kappa shape index (κ3) is 3.05. The SMILES string of the molecule is O=C(NCC(O)c1ccc2ccccc2c1)[C@@]12CCCC[C@H]1CNC2. The lowest BCUT2D eigenvalue weighted by Crippen LogP contribution is -2.48. The zero-order valence-corrected chi connectivity index (χ0v) is 14.5. The largest absolute Gasteiger partial charge is 0.387 e. The number of fused-ring (bicyclic) bond motifs is 2. The number of amides is 1. The predicted octanol–water partition coefficient (Wildman–Crippen LogP) is 2.77. The summed E-state index contributed by atoms with van der Waals surface area (Å²) in [5.74, 6) is 0.557. The molecule has 3 N–H and O–H groups in total. The highest BCUT2D eigenvalue weighted by Gasteiger charge is 2.49. The zero-order chi connectivity index (χ0) is 17.3. The van der Waals surface area contributed by atoms with Gasteiger partial charge >= 0.3 is 0 Å². The van der Waals surface area contributed by atoms with Crippen LogP contribution in [0.3, 0.4) is 0 Å². The van der Waals surface area contributed by atoms with Gasteiger partial charge in [0.05, 0.1) is 11.5 Å². The summed E-state index contributed by atoms with van der Waals surface area (Å²) >= 11 is 0. The van der Waals surface area contributed by atoms with E-state index in [1.807, 2.05) is 36.4 Å². The van der Waals surface area contributed by atoms with Crippen molar-refractivity contribution < 1.29 is 9.90 Å². The summed E-state index contributed by atoms with van der Waals surface area (Å²) in [6.07, 6.45) is 3.76. The minimum absolute atomic E-state index is 0.113. The second-order valence-corrected chi connectivity index (χ2v) is 7.56. The van der Waals surface area contributed by atoms with E-state index in [0.717, 1.165) is 48.7 Å². The van der Waals surface area contributed by atoms with Gasteiger partial charge < -0.3 is 15.7 Å². The normalized spacial score (nSPS) is 27.0. The summed E-state index contributed by atoms with van der Waals surface area (Å²) in [5, 5.41) is 19.2. The lowest BCUT2D eigenvalue weighted by Gasteiger charge is -2.37. The molecule has 1 heterocycles. The summed E-state index contributed by atoms with van der Waals surface area (Å²) in [7, 11) is 0. The summed E-state index contributed by atoms with van der Waals surface area (Å²) < 4.78 is 0. The van der Waals surface area contributed by atoms with Crippen molar-refractivity contribution in [1.29, 1.82) is 0 Å². The maximum Gasteiger partial charge on any atom is 0.227 e. The highest BCUT2D eigenvalue weighted by Crippen LogP contribution is 2.43. The Hall–Kier alpha value is -1.91. The van der Waals surface area contributed by atoms with Crippen molar-refractivity contribution in [3.8, 4) is 0 Å². The number of carbonyl (C=O) groups excluding carboxylic acids is 1. The van der Waals surface area contributed by atoms with Gasteiger partial charge in [0, 0.05) is 13.1 Å². The molecule has 0 spiro atoms. The van der Waals surface area contributed by atoms with Crippen LogP contribution in [-0.2, 0) is 4.79 Å². The Kier molecular flexibility index (Phi) is 4.48. The molecule has 4 heteroatoms. The molecule has 1 saturated heterocycles. The van der Waals surface area contributed by atoms with E-state index in [1.165, 1.54) is 6.42 Å². The van der Waals surface area contributed by atoms with Crippen molar-refractivity contribution in [1.82, 2.24) is 10.6 Å². The van der Waals surface area contributed by atoms with Gasteiger partial charge in [-0.1, -0.05) is 49.2 Å². The van der Waals surface area contributed by atoms with Crippen molar-refractivity contribution >= 4 is 16.7 Å². The number of hydrogen-bond donors (Lipinski definition) is 3. The molecule has 4 rings (SSSR count). The van der Waals surface area contributed by atoms with E-state index in [0.29, 0.717) is 5.92 Å². The minimum atomic E-state index is -0.679. The van der Waals surface area contributed by atoms with Crippen LogP contribution in [0.1, 0.15) is 37.4 Å². The molecular weight excluding hydrogens is 312 g/mol. The quantitative estimate of drug-likeness (QED) is 0.803. The fourth-order valence-corrected chi connectivity index (χ4v) is 4.59. The van der Waals surface area contributed by atoms with Gasteiger partial charge in [-0.15, -0.1) is 0 Å². The fourth-order valence-electron chi connectivity index (χ4n) is 4.59. The van der Waals surface area contributed by atoms with Gasteiger partial charge in [0.1, 0.15) is 0 Å². The first-order valence-electron chi connectivity index (χ1n) is 9.35. The van der Waals surface area contributed by atoms with Crippen LogP contribution in [0.5, 0.6) is 0 Å². The van der Waals surface area contributed by atoms with Crippen molar-refractivity contribution in [2.45, 2.75) is 31.8 Å². The van der Waals surface area contributed by atoms with E-state index >= 15 is 0 Å². The summed E-state index contributed by atoms with van der Waals surface area (Å²) in [4.78, 5) is 12.9. The molecule has 3 atom stereocenters. The third-order valence-corrected chi connectivity index (χ3v) is 6.10. The lowest BCUT2D eigenvalue weighted by atomic mass is 9.67. The first-order chi connectivity index (χ1) is 12.2. The van der Waals surface area contributed by atoms with Crippen LogP contribution in [-0.4, -0.2) is 30.6 Å². The minimum Gasteiger partial charge on any atom is -0.387 e. The highest BCUT2D eigenvalue weighted by atomic mass is 16.3. The molecule has 1 saturated carbocycles.